The summed E-state index contributed by atoms with van der Waals surface area (Å²) in [5, 5.41) is 0. The number of carbonyl (C=O) groups is 1. The van der Waals surface area contributed by atoms with Gasteiger partial charge in [0.25, 0.3) is 0 Å². The van der Waals surface area contributed by atoms with Crippen molar-refractivity contribution in [2.24, 2.45) is 5.92 Å². The maximum atomic E-state index is 11.2. The Labute approximate surface area is 189 Å². The Morgan fingerprint density at radius 3 is 2.11 bits per heavy atom. The standard InChI is InChI=1S/C13H20N4.C9H16O.In/c1-10(2)16-8-11-4-5-12(9-16)17(11)13-14-6-3-7-15-13;1-2-9(10)8-6-4-3-5-7-8;/h3,6-7,10-12H,4-5,8-9H2,1-2H3;8H,2-7H2,1H3;. The monoisotopic (exact) mass is 487 g/mol. The number of ketones is 1. The Morgan fingerprint density at radius 1 is 1.04 bits per heavy atom. The van der Waals surface area contributed by atoms with E-state index in [0.717, 1.165) is 38.3 Å². The Hall–Kier alpha value is -0.620. The summed E-state index contributed by atoms with van der Waals surface area (Å²) in [6, 6.07) is 3.75. The summed E-state index contributed by atoms with van der Waals surface area (Å²) in [4.78, 5) is 25.0. The maximum absolute atomic E-state index is 11.2. The van der Waals surface area contributed by atoms with Crippen molar-refractivity contribution in [3.05, 3.63) is 18.5 Å². The summed E-state index contributed by atoms with van der Waals surface area (Å²) in [7, 11) is 0. The number of piperazine rings is 1. The molecule has 2 saturated heterocycles. The third kappa shape index (κ3) is 5.94. The molecule has 4 rings (SSSR count). The zero-order chi connectivity index (χ0) is 19.2. The summed E-state index contributed by atoms with van der Waals surface area (Å²) in [6.07, 6.45) is 13.2. The molecule has 0 spiro atoms. The minimum absolute atomic E-state index is 0. The van der Waals surface area contributed by atoms with Gasteiger partial charge in [0.1, 0.15) is 5.78 Å². The Bertz CT molecular complexity index is 577. The van der Waals surface area contributed by atoms with Crippen LogP contribution in [0.5, 0.6) is 0 Å². The summed E-state index contributed by atoms with van der Waals surface area (Å²) in [5.74, 6) is 1.84. The Balaban J connectivity index is 0.000000221. The minimum Gasteiger partial charge on any atom is -0.332 e. The first-order valence-corrected chi connectivity index (χ1v) is 10.9. The molecule has 1 aromatic heterocycles. The first kappa shape index (κ1) is 23.7. The van der Waals surface area contributed by atoms with Crippen LogP contribution in [0, 0.1) is 5.92 Å². The number of Topliss-reactive ketones (excluding diaryl/α,β-unsaturated/α-hetero) is 1. The Kier molecular flexibility index (Phi) is 9.75. The molecule has 3 heterocycles. The number of hydrogen-bond donors (Lipinski definition) is 0. The van der Waals surface area contributed by atoms with Gasteiger partial charge in [0.15, 0.2) is 0 Å². The molecular weight excluding hydrogens is 451 g/mol. The average Bonchev–Trinajstić information content (AvgIpc) is 2.98. The molecule has 2 atom stereocenters. The summed E-state index contributed by atoms with van der Waals surface area (Å²) >= 11 is 0. The molecule has 28 heavy (non-hydrogen) atoms. The molecule has 1 saturated carbocycles. The Morgan fingerprint density at radius 2 is 1.61 bits per heavy atom. The van der Waals surface area contributed by atoms with E-state index in [1.165, 1.54) is 32.1 Å². The van der Waals surface area contributed by atoms with Crippen molar-refractivity contribution < 1.29 is 4.79 Å². The number of aromatic nitrogens is 2. The number of anilines is 1. The van der Waals surface area contributed by atoms with Gasteiger partial charge in [-0.05, 0) is 45.6 Å². The molecule has 6 heteroatoms. The van der Waals surface area contributed by atoms with E-state index in [-0.39, 0.29) is 25.8 Å². The fourth-order valence-electron chi connectivity index (χ4n) is 4.82. The van der Waals surface area contributed by atoms with Gasteiger partial charge in [0.05, 0.1) is 0 Å². The molecule has 2 bridgehead atoms. The van der Waals surface area contributed by atoms with Crippen molar-refractivity contribution in [2.45, 2.75) is 90.3 Å². The second-order valence-electron chi connectivity index (χ2n) is 8.54. The molecule has 3 aliphatic rings. The third-order valence-corrected chi connectivity index (χ3v) is 6.43. The molecule has 3 radical (unpaired) electrons. The number of likely N-dealkylation sites (tertiary alicyclic amines) is 1. The van der Waals surface area contributed by atoms with Crippen LogP contribution in [0.1, 0.15) is 72.1 Å². The molecule has 0 N–H and O–H groups in total. The number of fused-ring (bicyclic) bond motifs is 2. The molecule has 0 amide bonds. The van der Waals surface area contributed by atoms with Gasteiger partial charge in [-0.25, -0.2) is 9.97 Å². The van der Waals surface area contributed by atoms with E-state index in [1.54, 1.807) is 0 Å². The quantitative estimate of drug-likeness (QED) is 0.649. The molecule has 0 aromatic carbocycles. The number of hydrogen-bond acceptors (Lipinski definition) is 5. The van der Waals surface area contributed by atoms with Gasteiger partial charge in [-0.15, -0.1) is 0 Å². The fourth-order valence-corrected chi connectivity index (χ4v) is 4.82. The van der Waals surface area contributed by atoms with Crippen molar-refractivity contribution in [3.63, 3.8) is 0 Å². The normalized spacial score (nSPS) is 25.1. The molecular formula is C22H36InN4O. The van der Waals surface area contributed by atoms with Crippen LogP contribution in [0.2, 0.25) is 0 Å². The minimum atomic E-state index is 0. The van der Waals surface area contributed by atoms with Crippen molar-refractivity contribution in [2.75, 3.05) is 18.0 Å². The topological polar surface area (TPSA) is 49.3 Å². The molecule has 1 aliphatic carbocycles. The van der Waals surface area contributed by atoms with Crippen molar-refractivity contribution in [1.29, 1.82) is 0 Å². The SMILES string of the molecule is CC(C)N1CC2CCC(C1)N2c1ncccn1.CCC(=O)C1CCCCC1.[In]. The van der Waals surface area contributed by atoms with Gasteiger partial charge in [0.2, 0.25) is 5.95 Å². The zero-order valence-electron chi connectivity index (χ0n) is 17.9. The fraction of sp³-hybridized carbons (Fsp3) is 0.773. The van der Waals surface area contributed by atoms with Gasteiger partial charge in [-0.3, -0.25) is 9.69 Å². The van der Waals surface area contributed by atoms with E-state index in [4.69, 9.17) is 0 Å². The third-order valence-electron chi connectivity index (χ3n) is 6.43. The van der Waals surface area contributed by atoms with Crippen molar-refractivity contribution >= 4 is 37.6 Å². The second kappa shape index (κ2) is 11.5. The zero-order valence-corrected chi connectivity index (χ0v) is 21.2. The van der Waals surface area contributed by atoms with Crippen molar-refractivity contribution in [3.8, 4) is 0 Å². The van der Waals surface area contributed by atoms with Gasteiger partial charge in [-0.2, -0.15) is 0 Å². The maximum Gasteiger partial charge on any atom is 0.225 e. The summed E-state index contributed by atoms with van der Waals surface area (Å²) in [5.41, 5.74) is 0. The molecule has 2 aliphatic heterocycles. The molecule has 3 fully saturated rings. The van der Waals surface area contributed by atoms with Gasteiger partial charge in [0, 0.05) is 81.8 Å². The van der Waals surface area contributed by atoms with E-state index in [9.17, 15) is 4.79 Å². The first-order chi connectivity index (χ1) is 13.1. The molecule has 5 nitrogen and oxygen atoms in total. The number of carbonyl (C=O) groups excluding carboxylic acids is 1. The van der Waals surface area contributed by atoms with E-state index >= 15 is 0 Å². The first-order valence-electron chi connectivity index (χ1n) is 10.9. The summed E-state index contributed by atoms with van der Waals surface area (Å²) < 4.78 is 0. The van der Waals surface area contributed by atoms with E-state index in [1.807, 2.05) is 25.4 Å². The van der Waals surface area contributed by atoms with E-state index in [2.05, 4.69) is 33.6 Å². The van der Waals surface area contributed by atoms with Gasteiger partial charge >= 0.3 is 0 Å². The molecule has 1 aromatic rings. The van der Waals surface area contributed by atoms with Gasteiger partial charge < -0.3 is 4.90 Å². The van der Waals surface area contributed by atoms with E-state index < -0.39 is 0 Å². The van der Waals surface area contributed by atoms with Crippen LogP contribution in [0.4, 0.5) is 5.95 Å². The average molecular weight is 487 g/mol. The second-order valence-corrected chi connectivity index (χ2v) is 8.54. The van der Waals surface area contributed by atoms with Crippen LogP contribution < -0.4 is 4.90 Å². The van der Waals surface area contributed by atoms with Crippen LogP contribution >= 0.6 is 0 Å². The van der Waals surface area contributed by atoms with Crippen LogP contribution in [0.25, 0.3) is 0 Å². The van der Waals surface area contributed by atoms with Crippen LogP contribution in [0.3, 0.4) is 0 Å². The van der Waals surface area contributed by atoms with Gasteiger partial charge in [-0.1, -0.05) is 26.2 Å². The smallest absolute Gasteiger partial charge is 0.225 e. The van der Waals surface area contributed by atoms with Crippen LogP contribution in [-0.4, -0.2) is 77.7 Å². The number of nitrogens with zero attached hydrogens (tertiary/aromatic N) is 4. The van der Waals surface area contributed by atoms with Crippen LogP contribution in [0.15, 0.2) is 18.5 Å². The predicted molar refractivity (Wildman–Crippen MR) is 116 cm³/mol. The largest absolute Gasteiger partial charge is 0.332 e. The molecule has 2 unspecified atom stereocenters. The van der Waals surface area contributed by atoms with E-state index in [0.29, 0.717) is 29.8 Å². The summed E-state index contributed by atoms with van der Waals surface area (Å²) in [6.45, 7) is 8.86. The van der Waals surface area contributed by atoms with Crippen molar-refractivity contribution in [1.82, 2.24) is 14.9 Å². The molecule has 153 valence electrons. The predicted octanol–water partition coefficient (Wildman–Crippen LogP) is 3.70. The van der Waals surface area contributed by atoms with Crippen LogP contribution in [-0.2, 0) is 4.79 Å². The number of rotatable bonds is 4.